The van der Waals surface area contributed by atoms with Crippen LogP contribution in [0.4, 0.5) is 0 Å². The van der Waals surface area contributed by atoms with Crippen molar-refractivity contribution in [3.8, 4) is 11.4 Å². The van der Waals surface area contributed by atoms with Crippen molar-refractivity contribution in [2.24, 2.45) is 7.05 Å². The third-order valence-electron chi connectivity index (χ3n) is 6.97. The molecule has 0 N–H and O–H groups in total. The first-order valence-electron chi connectivity index (χ1n) is 12.0. The standard InChI is InChI=1S/C26H27N5O5S2/c1-17-23(25(34)31(29(17)3)18-9-5-4-6-10-18)30-24(33)20-11-7-8-12-21(20)27-26(30)37-15-22(32)28(2)19-13-14-38(35,36)16-19/h4-12,19H,13-16H2,1-3H3/t19-/m1/s1. The lowest BCUT2D eigenvalue weighted by Crippen LogP contribution is -2.39. The van der Waals surface area contributed by atoms with Crippen molar-refractivity contribution in [3.63, 3.8) is 0 Å². The first-order valence-corrected chi connectivity index (χ1v) is 14.8. The predicted octanol–water partition coefficient (Wildman–Crippen LogP) is 1.92. The lowest BCUT2D eigenvalue weighted by molar-refractivity contribution is -0.128. The molecule has 198 valence electrons. The van der Waals surface area contributed by atoms with Crippen molar-refractivity contribution in [2.45, 2.75) is 24.5 Å². The summed E-state index contributed by atoms with van der Waals surface area (Å²) in [6.45, 7) is 1.76. The van der Waals surface area contributed by atoms with Gasteiger partial charge in [-0.2, -0.15) is 0 Å². The van der Waals surface area contributed by atoms with Crippen LogP contribution in [0, 0.1) is 6.92 Å². The Morgan fingerprint density at radius 2 is 1.76 bits per heavy atom. The molecule has 0 spiro atoms. The fourth-order valence-electron chi connectivity index (χ4n) is 4.73. The zero-order valence-corrected chi connectivity index (χ0v) is 22.8. The molecule has 0 unspecified atom stereocenters. The molecule has 0 bridgehead atoms. The number of hydrogen-bond acceptors (Lipinski definition) is 7. The van der Waals surface area contributed by atoms with E-state index in [0.717, 1.165) is 11.8 Å². The second kappa shape index (κ2) is 9.91. The highest BCUT2D eigenvalue weighted by molar-refractivity contribution is 7.99. The molecule has 1 fully saturated rings. The molecule has 3 heterocycles. The van der Waals surface area contributed by atoms with Gasteiger partial charge in [0, 0.05) is 20.1 Å². The number of nitrogens with zero attached hydrogens (tertiary/aromatic N) is 5. The van der Waals surface area contributed by atoms with Crippen molar-refractivity contribution >= 4 is 38.4 Å². The van der Waals surface area contributed by atoms with Gasteiger partial charge in [-0.05, 0) is 37.6 Å². The summed E-state index contributed by atoms with van der Waals surface area (Å²) in [5, 5.41) is 0.561. The molecule has 0 saturated carbocycles. The van der Waals surface area contributed by atoms with Gasteiger partial charge in [-0.25, -0.2) is 22.7 Å². The first-order chi connectivity index (χ1) is 18.1. The van der Waals surface area contributed by atoms with Crippen LogP contribution in [-0.4, -0.2) is 68.5 Å². The third-order valence-corrected chi connectivity index (χ3v) is 9.64. The molecule has 38 heavy (non-hydrogen) atoms. The minimum Gasteiger partial charge on any atom is -0.341 e. The van der Waals surface area contributed by atoms with Crippen LogP contribution in [0.15, 0.2) is 69.3 Å². The molecule has 0 aliphatic carbocycles. The quantitative estimate of drug-likeness (QED) is 0.265. The highest BCUT2D eigenvalue weighted by Crippen LogP contribution is 2.24. The van der Waals surface area contributed by atoms with Crippen LogP contribution in [0.1, 0.15) is 12.1 Å². The Hall–Kier alpha value is -3.64. The zero-order chi connectivity index (χ0) is 27.2. The van der Waals surface area contributed by atoms with Crippen LogP contribution < -0.4 is 11.1 Å². The number of hydrogen-bond donors (Lipinski definition) is 0. The fourth-order valence-corrected chi connectivity index (χ4v) is 7.43. The largest absolute Gasteiger partial charge is 0.341 e. The van der Waals surface area contributed by atoms with E-state index < -0.39 is 21.0 Å². The summed E-state index contributed by atoms with van der Waals surface area (Å²) >= 11 is 1.05. The first kappa shape index (κ1) is 26.0. The number of carbonyl (C=O) groups excluding carboxylic acids is 1. The number of benzene rings is 2. The monoisotopic (exact) mass is 553 g/mol. The van der Waals surface area contributed by atoms with Crippen molar-refractivity contribution in [3.05, 3.63) is 81.0 Å². The maximum atomic E-state index is 13.8. The summed E-state index contributed by atoms with van der Waals surface area (Å²) in [6.07, 6.45) is 0.399. The molecule has 1 saturated heterocycles. The molecule has 2 aromatic carbocycles. The molecule has 4 aromatic rings. The van der Waals surface area contributed by atoms with Crippen LogP contribution >= 0.6 is 11.8 Å². The van der Waals surface area contributed by atoms with E-state index in [2.05, 4.69) is 4.98 Å². The summed E-state index contributed by atoms with van der Waals surface area (Å²) < 4.78 is 28.2. The Bertz CT molecular complexity index is 1770. The maximum absolute atomic E-state index is 13.8. The SMILES string of the molecule is Cc1c(-n2c(SCC(=O)N(C)[C@@H]3CCS(=O)(=O)C3)nc3ccccc3c2=O)c(=O)n(-c2ccccc2)n1C. The van der Waals surface area contributed by atoms with E-state index in [-0.39, 0.29) is 40.1 Å². The summed E-state index contributed by atoms with van der Waals surface area (Å²) in [6, 6.07) is 15.6. The van der Waals surface area contributed by atoms with Gasteiger partial charge in [0.2, 0.25) is 5.91 Å². The van der Waals surface area contributed by atoms with Crippen LogP contribution in [0.25, 0.3) is 22.3 Å². The van der Waals surface area contributed by atoms with E-state index >= 15 is 0 Å². The van der Waals surface area contributed by atoms with Gasteiger partial charge in [0.15, 0.2) is 15.0 Å². The van der Waals surface area contributed by atoms with Crippen LogP contribution in [0.5, 0.6) is 0 Å². The Labute approximate surface area is 223 Å². The number of sulfone groups is 1. The molecule has 12 heteroatoms. The summed E-state index contributed by atoms with van der Waals surface area (Å²) in [4.78, 5) is 46.6. The van der Waals surface area contributed by atoms with Gasteiger partial charge in [0.25, 0.3) is 11.1 Å². The molecular formula is C26H27N5O5S2. The van der Waals surface area contributed by atoms with Gasteiger partial charge < -0.3 is 4.90 Å². The zero-order valence-electron chi connectivity index (χ0n) is 21.2. The Morgan fingerprint density at radius 1 is 1.08 bits per heavy atom. The highest BCUT2D eigenvalue weighted by Gasteiger charge is 2.33. The number of carbonyl (C=O) groups is 1. The number of fused-ring (bicyclic) bond motifs is 1. The average molecular weight is 554 g/mol. The maximum Gasteiger partial charge on any atom is 0.296 e. The van der Waals surface area contributed by atoms with Crippen molar-refractivity contribution in [2.75, 3.05) is 24.3 Å². The minimum absolute atomic E-state index is 0.0545. The molecule has 1 aliphatic heterocycles. The summed E-state index contributed by atoms with van der Waals surface area (Å²) in [5.74, 6) is -0.343. The lowest BCUT2D eigenvalue weighted by atomic mass is 10.2. The molecule has 1 atom stereocenters. The highest BCUT2D eigenvalue weighted by atomic mass is 32.2. The number of para-hydroxylation sites is 2. The van der Waals surface area contributed by atoms with Crippen molar-refractivity contribution in [1.29, 1.82) is 0 Å². The average Bonchev–Trinajstić information content (AvgIpc) is 3.38. The van der Waals surface area contributed by atoms with E-state index in [1.807, 2.05) is 18.2 Å². The van der Waals surface area contributed by atoms with Crippen molar-refractivity contribution in [1.82, 2.24) is 23.8 Å². The minimum atomic E-state index is -3.15. The van der Waals surface area contributed by atoms with E-state index in [9.17, 15) is 22.8 Å². The van der Waals surface area contributed by atoms with Crippen LogP contribution in [-0.2, 0) is 21.7 Å². The van der Waals surface area contributed by atoms with Gasteiger partial charge in [-0.1, -0.05) is 42.1 Å². The lowest BCUT2D eigenvalue weighted by Gasteiger charge is -2.23. The molecule has 2 aromatic heterocycles. The van der Waals surface area contributed by atoms with Gasteiger partial charge >= 0.3 is 0 Å². The summed E-state index contributed by atoms with van der Waals surface area (Å²) in [7, 11) is 0.190. The topological polar surface area (TPSA) is 116 Å². The van der Waals surface area contributed by atoms with Gasteiger partial charge in [0.05, 0.1) is 39.5 Å². The molecule has 0 radical (unpaired) electrons. The van der Waals surface area contributed by atoms with Gasteiger partial charge in [0.1, 0.15) is 5.69 Å². The third kappa shape index (κ3) is 4.58. The Kier molecular flexibility index (Phi) is 6.78. The Morgan fingerprint density at radius 3 is 2.45 bits per heavy atom. The second-order valence-corrected chi connectivity index (χ2v) is 12.5. The van der Waals surface area contributed by atoms with E-state index in [1.165, 1.54) is 14.1 Å². The fraction of sp³-hybridized carbons (Fsp3) is 0.308. The molecular weight excluding hydrogens is 526 g/mol. The normalized spacial score (nSPS) is 16.7. The number of amides is 1. The van der Waals surface area contributed by atoms with Crippen LogP contribution in [0.3, 0.4) is 0 Å². The van der Waals surface area contributed by atoms with E-state index in [1.54, 1.807) is 62.1 Å². The molecule has 5 rings (SSSR count). The summed E-state index contributed by atoms with van der Waals surface area (Å²) in [5.41, 5.74) is 1.01. The molecule has 1 aliphatic rings. The van der Waals surface area contributed by atoms with Gasteiger partial charge in [-0.15, -0.1) is 0 Å². The predicted molar refractivity (Wildman–Crippen MR) is 147 cm³/mol. The second-order valence-electron chi connectivity index (χ2n) is 9.31. The van der Waals surface area contributed by atoms with Crippen molar-refractivity contribution < 1.29 is 13.2 Å². The number of rotatable bonds is 6. The van der Waals surface area contributed by atoms with Gasteiger partial charge in [-0.3, -0.25) is 19.1 Å². The van der Waals surface area contributed by atoms with E-state index in [4.69, 9.17) is 0 Å². The van der Waals surface area contributed by atoms with E-state index in [0.29, 0.717) is 28.7 Å². The number of thioether (sulfide) groups is 1. The molecule has 1 amide bonds. The Balaban J connectivity index is 1.59. The van der Waals surface area contributed by atoms with Crippen LogP contribution in [0.2, 0.25) is 0 Å². The number of aromatic nitrogens is 4. The smallest absolute Gasteiger partial charge is 0.296 e. The molecule has 10 nitrogen and oxygen atoms in total.